The van der Waals surface area contributed by atoms with Crippen LogP contribution in [0.15, 0.2) is 46.5 Å². The van der Waals surface area contributed by atoms with Crippen molar-refractivity contribution in [3.8, 4) is 11.5 Å². The molecule has 1 fully saturated rings. The zero-order chi connectivity index (χ0) is 20.9. The number of piperidine rings is 1. The number of nitrogens with two attached hydrogens (primary N) is 1. The highest BCUT2D eigenvalue weighted by Crippen LogP contribution is 2.37. The van der Waals surface area contributed by atoms with Crippen molar-refractivity contribution in [1.82, 2.24) is 15.2 Å². The molecule has 8 nitrogen and oxygen atoms in total. The summed E-state index contributed by atoms with van der Waals surface area (Å²) in [6.45, 7) is 2.81. The number of rotatable bonds is 6. The van der Waals surface area contributed by atoms with Gasteiger partial charge in [0.15, 0.2) is 11.5 Å². The summed E-state index contributed by atoms with van der Waals surface area (Å²) >= 11 is 1.42. The Labute approximate surface area is 179 Å². The van der Waals surface area contributed by atoms with Gasteiger partial charge in [0.1, 0.15) is 18.2 Å². The summed E-state index contributed by atoms with van der Waals surface area (Å²) in [7, 11) is 0. The Bertz CT molecular complexity index is 931. The molecule has 1 aromatic heterocycles. The van der Waals surface area contributed by atoms with Crippen molar-refractivity contribution in [2.75, 3.05) is 32.8 Å². The van der Waals surface area contributed by atoms with Crippen molar-refractivity contribution in [1.29, 1.82) is 0 Å². The third kappa shape index (κ3) is 5.03. The SMILES string of the molecule is NC(=O)CN1CCC(NC(=O)c2cccnc2Sc2ccc3c(c2)OCCO3)CC1. The number of ether oxygens (including phenoxy) is 2. The summed E-state index contributed by atoms with van der Waals surface area (Å²) in [6.07, 6.45) is 3.24. The first-order valence-corrected chi connectivity index (χ1v) is 10.7. The number of hydrogen-bond acceptors (Lipinski definition) is 7. The summed E-state index contributed by atoms with van der Waals surface area (Å²) < 4.78 is 11.2. The molecule has 1 aromatic carbocycles. The molecule has 2 amide bonds. The van der Waals surface area contributed by atoms with Gasteiger partial charge in [0.2, 0.25) is 5.91 Å². The number of hydrogen-bond donors (Lipinski definition) is 2. The topological polar surface area (TPSA) is 107 Å². The van der Waals surface area contributed by atoms with Crippen molar-refractivity contribution in [3.63, 3.8) is 0 Å². The Morgan fingerprint density at radius 1 is 1.17 bits per heavy atom. The molecule has 2 aromatic rings. The van der Waals surface area contributed by atoms with E-state index < -0.39 is 0 Å². The normalized spacial score (nSPS) is 16.8. The quantitative estimate of drug-likeness (QED) is 0.721. The van der Waals surface area contributed by atoms with Crippen LogP contribution in [0.4, 0.5) is 0 Å². The summed E-state index contributed by atoms with van der Waals surface area (Å²) in [5.74, 6) is 0.966. The highest BCUT2D eigenvalue weighted by molar-refractivity contribution is 7.99. The van der Waals surface area contributed by atoms with E-state index >= 15 is 0 Å². The molecular formula is C21H24N4O4S. The molecule has 4 rings (SSSR count). The molecule has 3 N–H and O–H groups in total. The van der Waals surface area contributed by atoms with E-state index in [-0.39, 0.29) is 24.4 Å². The minimum atomic E-state index is -0.325. The summed E-state index contributed by atoms with van der Waals surface area (Å²) in [5.41, 5.74) is 5.80. The minimum Gasteiger partial charge on any atom is -0.486 e. The molecule has 2 aliphatic rings. The van der Waals surface area contributed by atoms with Crippen LogP contribution in [0.1, 0.15) is 23.2 Å². The fourth-order valence-electron chi connectivity index (χ4n) is 3.56. The van der Waals surface area contributed by atoms with E-state index in [1.54, 1.807) is 18.3 Å². The molecule has 158 valence electrons. The number of carbonyl (C=O) groups is 2. The third-order valence-electron chi connectivity index (χ3n) is 5.05. The van der Waals surface area contributed by atoms with Gasteiger partial charge >= 0.3 is 0 Å². The number of carbonyl (C=O) groups excluding carboxylic acids is 2. The maximum absolute atomic E-state index is 12.9. The van der Waals surface area contributed by atoms with Crippen LogP contribution >= 0.6 is 11.8 Å². The van der Waals surface area contributed by atoms with Crippen LogP contribution in [-0.2, 0) is 4.79 Å². The molecule has 0 atom stereocenters. The molecule has 0 spiro atoms. The standard InChI is InChI=1S/C21H24N4O4S/c22-19(26)13-25-8-5-14(6-9-25)24-20(27)16-2-1-7-23-21(16)30-15-3-4-17-18(12-15)29-11-10-28-17/h1-4,7,12,14H,5-6,8-11,13H2,(H2,22,26)(H,24,27). The number of fused-ring (bicyclic) bond motifs is 1. The van der Waals surface area contributed by atoms with Crippen LogP contribution in [-0.4, -0.2) is 60.6 Å². The molecule has 0 aliphatic carbocycles. The third-order valence-corrected chi connectivity index (χ3v) is 6.05. The van der Waals surface area contributed by atoms with Gasteiger partial charge in [0, 0.05) is 30.2 Å². The average molecular weight is 429 g/mol. The first kappa shape index (κ1) is 20.5. The van der Waals surface area contributed by atoms with Crippen LogP contribution < -0.4 is 20.5 Å². The van der Waals surface area contributed by atoms with Crippen LogP contribution in [0.3, 0.4) is 0 Å². The number of amides is 2. The number of nitrogens with zero attached hydrogens (tertiary/aromatic N) is 2. The number of benzene rings is 1. The molecule has 0 radical (unpaired) electrons. The Balaban J connectivity index is 1.41. The van der Waals surface area contributed by atoms with Crippen LogP contribution in [0.25, 0.3) is 0 Å². The molecular weight excluding hydrogens is 404 g/mol. The van der Waals surface area contributed by atoms with Gasteiger partial charge in [-0.2, -0.15) is 0 Å². The molecule has 0 bridgehead atoms. The fraction of sp³-hybridized carbons (Fsp3) is 0.381. The maximum Gasteiger partial charge on any atom is 0.254 e. The molecule has 9 heteroatoms. The van der Waals surface area contributed by atoms with Gasteiger partial charge in [-0.1, -0.05) is 11.8 Å². The first-order valence-electron chi connectivity index (χ1n) is 9.92. The van der Waals surface area contributed by atoms with Crippen molar-refractivity contribution in [2.24, 2.45) is 5.73 Å². The van der Waals surface area contributed by atoms with E-state index in [4.69, 9.17) is 15.2 Å². The second-order valence-electron chi connectivity index (χ2n) is 7.25. The number of primary amides is 1. The van der Waals surface area contributed by atoms with Crippen LogP contribution in [0.5, 0.6) is 11.5 Å². The van der Waals surface area contributed by atoms with E-state index in [1.807, 2.05) is 23.1 Å². The van der Waals surface area contributed by atoms with Gasteiger partial charge in [-0.05, 0) is 43.2 Å². The molecule has 3 heterocycles. The van der Waals surface area contributed by atoms with Gasteiger partial charge in [-0.15, -0.1) is 0 Å². The van der Waals surface area contributed by atoms with Crippen LogP contribution in [0.2, 0.25) is 0 Å². The monoisotopic (exact) mass is 428 g/mol. The van der Waals surface area contributed by atoms with Gasteiger partial charge in [0.25, 0.3) is 5.91 Å². The molecule has 30 heavy (non-hydrogen) atoms. The molecule has 0 saturated carbocycles. The van der Waals surface area contributed by atoms with Crippen molar-refractivity contribution in [2.45, 2.75) is 28.8 Å². The lowest BCUT2D eigenvalue weighted by atomic mass is 10.0. The van der Waals surface area contributed by atoms with E-state index in [1.165, 1.54) is 11.8 Å². The van der Waals surface area contributed by atoms with E-state index in [9.17, 15) is 9.59 Å². The average Bonchev–Trinajstić information content (AvgIpc) is 2.75. The number of likely N-dealkylation sites (tertiary alicyclic amines) is 1. The highest BCUT2D eigenvalue weighted by atomic mass is 32.2. The first-order chi connectivity index (χ1) is 14.6. The predicted octanol–water partition coefficient (Wildman–Crippen LogP) is 1.68. The van der Waals surface area contributed by atoms with E-state index in [2.05, 4.69) is 10.3 Å². The molecule has 2 aliphatic heterocycles. The summed E-state index contributed by atoms with van der Waals surface area (Å²) in [6, 6.07) is 9.32. The van der Waals surface area contributed by atoms with Gasteiger partial charge < -0.3 is 20.5 Å². The maximum atomic E-state index is 12.9. The van der Waals surface area contributed by atoms with Crippen molar-refractivity contribution in [3.05, 3.63) is 42.1 Å². The second-order valence-corrected chi connectivity index (χ2v) is 8.32. The van der Waals surface area contributed by atoms with Gasteiger partial charge in [-0.25, -0.2) is 4.98 Å². The number of aromatic nitrogens is 1. The predicted molar refractivity (Wildman–Crippen MR) is 112 cm³/mol. The van der Waals surface area contributed by atoms with Crippen molar-refractivity contribution < 1.29 is 19.1 Å². The fourth-order valence-corrected chi connectivity index (χ4v) is 4.47. The zero-order valence-corrected chi connectivity index (χ0v) is 17.3. The zero-order valence-electron chi connectivity index (χ0n) is 16.5. The van der Waals surface area contributed by atoms with Gasteiger partial charge in [0.05, 0.1) is 12.1 Å². The Hall–Kier alpha value is -2.78. The number of pyridine rings is 1. The summed E-state index contributed by atoms with van der Waals surface area (Å²) in [4.78, 5) is 31.3. The lowest BCUT2D eigenvalue weighted by molar-refractivity contribution is -0.119. The number of nitrogens with one attached hydrogen (secondary N) is 1. The van der Waals surface area contributed by atoms with Crippen LogP contribution in [0, 0.1) is 0 Å². The Morgan fingerprint density at radius 2 is 1.93 bits per heavy atom. The van der Waals surface area contributed by atoms with E-state index in [0.29, 0.717) is 29.6 Å². The lowest BCUT2D eigenvalue weighted by Crippen LogP contribution is -2.46. The second kappa shape index (κ2) is 9.36. The summed E-state index contributed by atoms with van der Waals surface area (Å²) in [5, 5.41) is 3.74. The molecule has 1 saturated heterocycles. The Kier molecular flexibility index (Phi) is 6.39. The Morgan fingerprint density at radius 3 is 2.70 bits per heavy atom. The minimum absolute atomic E-state index is 0.0639. The van der Waals surface area contributed by atoms with Crippen molar-refractivity contribution >= 4 is 23.6 Å². The van der Waals surface area contributed by atoms with Gasteiger partial charge in [-0.3, -0.25) is 14.5 Å². The van der Waals surface area contributed by atoms with E-state index in [0.717, 1.165) is 36.6 Å². The highest BCUT2D eigenvalue weighted by Gasteiger charge is 2.23. The smallest absolute Gasteiger partial charge is 0.254 e. The largest absolute Gasteiger partial charge is 0.486 e. The lowest BCUT2D eigenvalue weighted by Gasteiger charge is -2.31. The molecule has 0 unspecified atom stereocenters.